The Kier molecular flexibility index (Phi) is 4.71. The van der Waals surface area contributed by atoms with E-state index in [9.17, 15) is 8.42 Å². The molecule has 128 valence electrons. The zero-order valence-corrected chi connectivity index (χ0v) is 14.9. The van der Waals surface area contributed by atoms with Crippen LogP contribution in [0.2, 0.25) is 10.3 Å². The normalized spacial score (nSPS) is 13.6. The van der Waals surface area contributed by atoms with Gasteiger partial charge in [0, 0.05) is 17.5 Å². The number of fused-ring (bicyclic) bond motifs is 1. The zero-order valence-electron chi connectivity index (χ0n) is 12.5. The molecule has 7 nitrogen and oxygen atoms in total. The lowest BCUT2D eigenvalue weighted by Gasteiger charge is -2.23. The summed E-state index contributed by atoms with van der Waals surface area (Å²) in [6, 6.07) is 3.37. The number of benzene rings is 1. The van der Waals surface area contributed by atoms with Crippen molar-refractivity contribution in [3.05, 3.63) is 34.2 Å². The Morgan fingerprint density at radius 1 is 1.25 bits per heavy atom. The smallest absolute Gasteiger partial charge is 0.224 e. The number of halogens is 2. The molecule has 0 fully saturated rings. The van der Waals surface area contributed by atoms with Crippen LogP contribution in [0.15, 0.2) is 18.3 Å². The van der Waals surface area contributed by atoms with E-state index in [1.54, 1.807) is 12.1 Å². The molecule has 2 aromatic rings. The maximum absolute atomic E-state index is 11.8. The molecule has 0 radical (unpaired) electrons. The molecule has 1 aromatic heterocycles. The highest BCUT2D eigenvalue weighted by Gasteiger charge is 2.23. The van der Waals surface area contributed by atoms with Crippen molar-refractivity contribution in [2.75, 3.05) is 24.8 Å². The number of aromatic nitrogens is 2. The summed E-state index contributed by atoms with van der Waals surface area (Å²) in [7, 11) is -3.31. The monoisotopic (exact) mass is 389 g/mol. The van der Waals surface area contributed by atoms with E-state index in [-0.39, 0.29) is 21.9 Å². The fourth-order valence-corrected chi connectivity index (χ4v) is 3.34. The summed E-state index contributed by atoms with van der Waals surface area (Å²) in [6.07, 6.45) is 2.50. The number of ether oxygens (including phenoxy) is 2. The number of anilines is 2. The Morgan fingerprint density at radius 3 is 2.75 bits per heavy atom. The van der Waals surface area contributed by atoms with Gasteiger partial charge in [-0.3, -0.25) is 0 Å². The van der Waals surface area contributed by atoms with E-state index in [1.807, 2.05) is 0 Å². The van der Waals surface area contributed by atoms with Gasteiger partial charge in [0.1, 0.15) is 18.2 Å². The van der Waals surface area contributed by atoms with Gasteiger partial charge < -0.3 is 14.8 Å². The number of sulfone groups is 1. The van der Waals surface area contributed by atoms with E-state index >= 15 is 0 Å². The van der Waals surface area contributed by atoms with E-state index in [2.05, 4.69) is 15.3 Å². The number of hydrogen-bond donors (Lipinski definition) is 1. The molecular weight excluding hydrogens is 377 g/mol. The predicted octanol–water partition coefficient (Wildman–Crippen LogP) is 2.84. The molecule has 0 spiro atoms. The zero-order chi connectivity index (χ0) is 17.3. The average molecular weight is 390 g/mol. The topological polar surface area (TPSA) is 90.4 Å². The molecule has 0 atom stereocenters. The molecule has 1 N–H and O–H groups in total. The van der Waals surface area contributed by atoms with Crippen LogP contribution in [-0.2, 0) is 15.6 Å². The molecule has 0 amide bonds. The van der Waals surface area contributed by atoms with Crippen molar-refractivity contribution in [3.63, 3.8) is 0 Å². The molecule has 1 aliphatic heterocycles. The van der Waals surface area contributed by atoms with E-state index < -0.39 is 9.84 Å². The van der Waals surface area contributed by atoms with Gasteiger partial charge in [-0.1, -0.05) is 11.6 Å². The quantitative estimate of drug-likeness (QED) is 0.803. The number of nitrogens with one attached hydrogen (secondary N) is 1. The minimum Gasteiger partial charge on any atom is -0.486 e. The second kappa shape index (κ2) is 6.62. The van der Waals surface area contributed by atoms with Crippen LogP contribution in [0, 0.1) is 0 Å². The largest absolute Gasteiger partial charge is 0.486 e. The summed E-state index contributed by atoms with van der Waals surface area (Å²) in [5.74, 6) is 0.937. The van der Waals surface area contributed by atoms with Gasteiger partial charge in [0.25, 0.3) is 0 Å². The first kappa shape index (κ1) is 17.1. The minimum atomic E-state index is -3.31. The van der Waals surface area contributed by atoms with Gasteiger partial charge in [0.05, 0.1) is 11.9 Å². The number of hydrogen-bond acceptors (Lipinski definition) is 7. The van der Waals surface area contributed by atoms with E-state index in [4.69, 9.17) is 32.7 Å². The lowest BCUT2D eigenvalue weighted by molar-refractivity contribution is 0.170. The van der Waals surface area contributed by atoms with Crippen molar-refractivity contribution < 1.29 is 17.9 Å². The standard InChI is InChI=1S/C14H13Cl2N3O4S/c1-24(20,21)7-8-10(2-3-11-12(8)23-5-4-22-11)18-13-9(15)6-17-14(16)19-13/h2-3,6H,4-5,7H2,1H3,(H,17,18,19). The van der Waals surface area contributed by atoms with Gasteiger partial charge in [-0.2, -0.15) is 4.98 Å². The van der Waals surface area contributed by atoms with E-state index in [1.165, 1.54) is 6.20 Å². The second-order valence-corrected chi connectivity index (χ2v) is 8.03. The molecule has 1 aromatic carbocycles. The van der Waals surface area contributed by atoms with Crippen molar-refractivity contribution in [2.45, 2.75) is 5.75 Å². The first-order valence-corrected chi connectivity index (χ1v) is 9.69. The van der Waals surface area contributed by atoms with Crippen LogP contribution in [0.3, 0.4) is 0 Å². The summed E-state index contributed by atoms with van der Waals surface area (Å²) >= 11 is 11.8. The Bertz CT molecular complexity index is 890. The SMILES string of the molecule is CS(=O)(=O)Cc1c(Nc2nc(Cl)ncc2Cl)ccc2c1OCCO2. The number of nitrogens with zero attached hydrogens (tertiary/aromatic N) is 2. The van der Waals surface area contributed by atoms with Gasteiger partial charge >= 0.3 is 0 Å². The molecule has 3 rings (SSSR count). The Morgan fingerprint density at radius 2 is 2.00 bits per heavy atom. The molecule has 0 saturated carbocycles. The van der Waals surface area contributed by atoms with Crippen molar-refractivity contribution in [2.24, 2.45) is 0 Å². The third-order valence-corrected chi connectivity index (χ3v) is 4.46. The third-order valence-electron chi connectivity index (χ3n) is 3.19. The average Bonchev–Trinajstić information content (AvgIpc) is 2.52. The van der Waals surface area contributed by atoms with E-state index in [0.29, 0.717) is 36.0 Å². The maximum atomic E-state index is 11.8. The van der Waals surface area contributed by atoms with Crippen molar-refractivity contribution in [1.29, 1.82) is 0 Å². The van der Waals surface area contributed by atoms with Crippen LogP contribution >= 0.6 is 23.2 Å². The Hall–Kier alpha value is -1.77. The summed E-state index contributed by atoms with van der Waals surface area (Å²) in [5, 5.41) is 3.25. The van der Waals surface area contributed by atoms with E-state index in [0.717, 1.165) is 6.26 Å². The summed E-state index contributed by atoms with van der Waals surface area (Å²) < 4.78 is 34.7. The van der Waals surface area contributed by atoms with Gasteiger partial charge in [0.2, 0.25) is 5.28 Å². The Labute approximate surface area is 148 Å². The summed E-state index contributed by atoms with van der Waals surface area (Å²) in [5.41, 5.74) is 0.932. The second-order valence-electron chi connectivity index (χ2n) is 5.15. The lowest BCUT2D eigenvalue weighted by Crippen LogP contribution is -2.18. The minimum absolute atomic E-state index is 0.0177. The Balaban J connectivity index is 2.08. The summed E-state index contributed by atoms with van der Waals surface area (Å²) in [6.45, 7) is 0.749. The maximum Gasteiger partial charge on any atom is 0.224 e. The van der Waals surface area contributed by atoms with Crippen LogP contribution in [0.5, 0.6) is 11.5 Å². The highest BCUT2D eigenvalue weighted by Crippen LogP contribution is 2.40. The van der Waals surface area contributed by atoms with Crippen LogP contribution in [0.25, 0.3) is 0 Å². The molecule has 0 saturated heterocycles. The van der Waals surface area contributed by atoms with Crippen LogP contribution in [-0.4, -0.2) is 37.9 Å². The molecule has 2 heterocycles. The first-order valence-electron chi connectivity index (χ1n) is 6.88. The van der Waals surface area contributed by atoms with Gasteiger partial charge in [-0.15, -0.1) is 0 Å². The van der Waals surface area contributed by atoms with Crippen molar-refractivity contribution in [1.82, 2.24) is 9.97 Å². The van der Waals surface area contributed by atoms with Crippen molar-refractivity contribution >= 4 is 44.5 Å². The molecule has 0 unspecified atom stereocenters. The molecule has 1 aliphatic rings. The molecule has 0 aliphatic carbocycles. The first-order chi connectivity index (χ1) is 11.3. The molecular formula is C14H13Cl2N3O4S. The highest BCUT2D eigenvalue weighted by atomic mass is 35.5. The molecule has 0 bridgehead atoms. The fourth-order valence-electron chi connectivity index (χ4n) is 2.26. The van der Waals surface area contributed by atoms with Gasteiger partial charge in [-0.05, 0) is 23.7 Å². The van der Waals surface area contributed by atoms with Crippen LogP contribution < -0.4 is 14.8 Å². The van der Waals surface area contributed by atoms with Crippen LogP contribution in [0.4, 0.5) is 11.5 Å². The number of rotatable bonds is 4. The lowest BCUT2D eigenvalue weighted by atomic mass is 10.1. The third kappa shape index (κ3) is 3.82. The van der Waals surface area contributed by atoms with Crippen molar-refractivity contribution in [3.8, 4) is 11.5 Å². The fraction of sp³-hybridized carbons (Fsp3) is 0.286. The predicted molar refractivity (Wildman–Crippen MR) is 91.3 cm³/mol. The molecule has 24 heavy (non-hydrogen) atoms. The highest BCUT2D eigenvalue weighted by molar-refractivity contribution is 7.89. The van der Waals surface area contributed by atoms with Gasteiger partial charge in [-0.25, -0.2) is 13.4 Å². The summed E-state index contributed by atoms with van der Waals surface area (Å²) in [4.78, 5) is 7.78. The molecule has 10 heteroatoms. The van der Waals surface area contributed by atoms with Gasteiger partial charge in [0.15, 0.2) is 27.2 Å². The van der Waals surface area contributed by atoms with Crippen LogP contribution in [0.1, 0.15) is 5.56 Å².